The quantitative estimate of drug-likeness (QED) is 0.567. The number of ketones is 1. The van der Waals surface area contributed by atoms with E-state index in [9.17, 15) is 4.79 Å². The molecule has 9 heteroatoms. The number of carbonyl (C=O) groups excluding carboxylic acids is 1. The van der Waals surface area contributed by atoms with Crippen LogP contribution in [0, 0.1) is 0 Å². The van der Waals surface area contributed by atoms with Crippen molar-refractivity contribution in [2.75, 3.05) is 5.73 Å². The zero-order chi connectivity index (χ0) is 16.8. The Kier molecular flexibility index (Phi) is 2.95. The third kappa shape index (κ3) is 1.91. The first-order valence-corrected chi connectivity index (χ1v) is 7.16. The fourth-order valence-corrected chi connectivity index (χ4v) is 2.58. The second-order valence-corrected chi connectivity index (χ2v) is 5.24. The van der Waals surface area contributed by atoms with Crippen LogP contribution in [0.5, 0.6) is 0 Å². The van der Waals surface area contributed by atoms with Gasteiger partial charge in [0, 0.05) is 0 Å². The van der Waals surface area contributed by atoms with Crippen LogP contribution in [0.3, 0.4) is 0 Å². The highest BCUT2D eigenvalue weighted by atomic mass is 16.3. The lowest BCUT2D eigenvalue weighted by Crippen LogP contribution is -2.16. The number of allylic oxidation sites excluding steroid dienone is 1. The molecule has 0 aliphatic heterocycles. The summed E-state index contributed by atoms with van der Waals surface area (Å²) < 4.78 is 8.21. The molecule has 0 aliphatic carbocycles. The lowest BCUT2D eigenvalue weighted by Gasteiger charge is -2.10. The maximum atomic E-state index is 11.8. The van der Waals surface area contributed by atoms with Gasteiger partial charge in [0.25, 0.3) is 0 Å². The van der Waals surface area contributed by atoms with Crippen LogP contribution in [-0.2, 0) is 4.79 Å². The fourth-order valence-electron chi connectivity index (χ4n) is 2.58. The molecule has 0 bridgehead atoms. The van der Waals surface area contributed by atoms with Gasteiger partial charge in [-0.1, -0.05) is 6.08 Å². The van der Waals surface area contributed by atoms with E-state index >= 15 is 0 Å². The highest BCUT2D eigenvalue weighted by molar-refractivity contribution is 5.92. The molecule has 24 heavy (non-hydrogen) atoms. The number of aromatic nitrogens is 6. The summed E-state index contributed by atoms with van der Waals surface area (Å²) in [6.07, 6.45) is 4.63. The molecule has 0 unspecified atom stereocenters. The van der Waals surface area contributed by atoms with Crippen molar-refractivity contribution in [1.29, 1.82) is 0 Å². The monoisotopic (exact) mass is 323 g/mol. The summed E-state index contributed by atoms with van der Waals surface area (Å²) in [5.41, 5.74) is 6.93. The molecule has 0 saturated carbocycles. The van der Waals surface area contributed by atoms with Crippen LogP contribution in [0.2, 0.25) is 0 Å². The number of hydrogen-bond donors (Lipinski definition) is 1. The summed E-state index contributed by atoms with van der Waals surface area (Å²) in [6, 6.07) is 2.88. The molecule has 4 heterocycles. The average molecular weight is 323 g/mol. The van der Waals surface area contributed by atoms with Gasteiger partial charge in [-0.05, 0) is 19.1 Å². The van der Waals surface area contributed by atoms with Crippen molar-refractivity contribution < 1.29 is 9.21 Å². The molecule has 0 aliphatic rings. The van der Waals surface area contributed by atoms with Crippen molar-refractivity contribution in [1.82, 2.24) is 29.4 Å². The highest BCUT2D eigenvalue weighted by Gasteiger charge is 2.21. The van der Waals surface area contributed by atoms with Crippen molar-refractivity contribution in [3.63, 3.8) is 0 Å². The third-order valence-corrected chi connectivity index (χ3v) is 3.70. The predicted molar refractivity (Wildman–Crippen MR) is 86.1 cm³/mol. The third-order valence-electron chi connectivity index (χ3n) is 3.70. The topological polar surface area (TPSA) is 117 Å². The number of nitrogens with two attached hydrogens (primary N) is 1. The molecule has 0 aromatic carbocycles. The van der Waals surface area contributed by atoms with Crippen LogP contribution in [0.1, 0.15) is 13.0 Å². The van der Waals surface area contributed by atoms with Crippen LogP contribution in [0.25, 0.3) is 28.3 Å². The van der Waals surface area contributed by atoms with Gasteiger partial charge in [-0.2, -0.15) is 14.6 Å². The highest BCUT2D eigenvalue weighted by Crippen LogP contribution is 2.25. The van der Waals surface area contributed by atoms with E-state index in [-0.39, 0.29) is 11.7 Å². The Labute approximate surface area is 135 Å². The number of fused-ring (bicyclic) bond motifs is 3. The summed E-state index contributed by atoms with van der Waals surface area (Å²) in [5.74, 6) is 0.941. The van der Waals surface area contributed by atoms with Gasteiger partial charge in [-0.15, -0.1) is 11.7 Å². The smallest absolute Gasteiger partial charge is 0.225 e. The maximum Gasteiger partial charge on any atom is 0.225 e. The van der Waals surface area contributed by atoms with E-state index in [0.717, 1.165) is 0 Å². The molecule has 1 atom stereocenters. The van der Waals surface area contributed by atoms with E-state index in [2.05, 4.69) is 26.7 Å². The Morgan fingerprint density at radius 1 is 1.42 bits per heavy atom. The zero-order valence-corrected chi connectivity index (χ0v) is 12.7. The summed E-state index contributed by atoms with van der Waals surface area (Å²) in [4.78, 5) is 20.6. The largest absolute Gasteiger partial charge is 0.461 e. The van der Waals surface area contributed by atoms with Crippen LogP contribution < -0.4 is 5.73 Å². The molecule has 120 valence electrons. The summed E-state index contributed by atoms with van der Waals surface area (Å²) in [6.45, 7) is 5.15. The van der Waals surface area contributed by atoms with Crippen LogP contribution in [0.4, 0.5) is 5.95 Å². The fraction of sp³-hybridized carbons (Fsp3) is 0.133. The normalized spacial score (nSPS) is 12.7. The van der Waals surface area contributed by atoms with E-state index in [4.69, 9.17) is 10.2 Å². The lowest BCUT2D eigenvalue weighted by atomic mass is 10.2. The Hall–Kier alpha value is -3.49. The molecule has 4 rings (SSSR count). The van der Waals surface area contributed by atoms with Gasteiger partial charge >= 0.3 is 0 Å². The van der Waals surface area contributed by atoms with E-state index in [1.165, 1.54) is 28.5 Å². The van der Waals surface area contributed by atoms with Crippen molar-refractivity contribution in [2.24, 2.45) is 0 Å². The number of carbonyl (C=O) groups is 1. The van der Waals surface area contributed by atoms with Gasteiger partial charge in [0.2, 0.25) is 11.8 Å². The summed E-state index contributed by atoms with van der Waals surface area (Å²) in [5, 5.41) is 9.19. The minimum Gasteiger partial charge on any atom is -0.461 e. The van der Waals surface area contributed by atoms with Crippen LogP contribution in [0.15, 0.2) is 41.7 Å². The standard InChI is InChI=1S/C15H13N7O2/c1-3-10(8(2)23)21-14-9(7-17-21)13-18-12(11-5-4-6-24-11)20-22(13)15(16)19-14/h3-7,10H,1H2,2H3,(H2,16,19)/t10-/m0/s1. The van der Waals surface area contributed by atoms with Crippen molar-refractivity contribution >= 4 is 28.4 Å². The number of nitrogens with zero attached hydrogens (tertiary/aromatic N) is 6. The lowest BCUT2D eigenvalue weighted by molar-refractivity contribution is -0.119. The molecule has 0 radical (unpaired) electrons. The first-order chi connectivity index (χ1) is 11.6. The number of rotatable bonds is 4. The first kappa shape index (κ1) is 14.1. The average Bonchev–Trinajstić information content (AvgIpc) is 3.26. The number of furan rings is 1. The van der Waals surface area contributed by atoms with Gasteiger partial charge in [0.15, 0.2) is 22.8 Å². The van der Waals surface area contributed by atoms with Crippen molar-refractivity contribution in [3.05, 3.63) is 37.2 Å². The van der Waals surface area contributed by atoms with E-state index < -0.39 is 6.04 Å². The molecular formula is C15H13N7O2. The van der Waals surface area contributed by atoms with Crippen molar-refractivity contribution in [3.8, 4) is 11.6 Å². The number of Topliss-reactive ketones (excluding diaryl/α,β-unsaturated/α-hetero) is 1. The molecular weight excluding hydrogens is 310 g/mol. The predicted octanol–water partition coefficient (Wildman–Crippen LogP) is 1.63. The van der Waals surface area contributed by atoms with Gasteiger partial charge in [-0.25, -0.2) is 9.67 Å². The molecule has 4 aromatic heterocycles. The molecule has 0 spiro atoms. The van der Waals surface area contributed by atoms with Crippen LogP contribution in [-0.4, -0.2) is 35.1 Å². The molecule has 0 fully saturated rings. The summed E-state index contributed by atoms with van der Waals surface area (Å²) in [7, 11) is 0. The summed E-state index contributed by atoms with van der Waals surface area (Å²) >= 11 is 0. The molecule has 9 nitrogen and oxygen atoms in total. The second-order valence-electron chi connectivity index (χ2n) is 5.24. The number of anilines is 1. The SMILES string of the molecule is C=C[C@@H](C(C)=O)n1ncc2c1nc(N)n1nc(-c3ccco3)nc21. The van der Waals surface area contributed by atoms with Gasteiger partial charge in [-0.3, -0.25) is 4.79 Å². The minimum atomic E-state index is -0.621. The Balaban J connectivity index is 2.00. The van der Waals surface area contributed by atoms with Gasteiger partial charge in [0.05, 0.1) is 17.8 Å². The van der Waals surface area contributed by atoms with Gasteiger partial charge in [0.1, 0.15) is 6.04 Å². The minimum absolute atomic E-state index is 0.104. The van der Waals surface area contributed by atoms with E-state index in [0.29, 0.717) is 28.3 Å². The Bertz CT molecular complexity index is 1070. The van der Waals surface area contributed by atoms with E-state index in [1.807, 2.05) is 0 Å². The molecule has 4 aromatic rings. The molecule has 0 saturated heterocycles. The molecule has 2 N–H and O–H groups in total. The second kappa shape index (κ2) is 5.01. The molecule has 0 amide bonds. The Morgan fingerprint density at radius 3 is 2.92 bits per heavy atom. The number of nitrogen functional groups attached to an aromatic ring is 1. The van der Waals surface area contributed by atoms with Gasteiger partial charge < -0.3 is 10.2 Å². The zero-order valence-electron chi connectivity index (χ0n) is 12.7. The maximum absolute atomic E-state index is 11.8. The number of hydrogen-bond acceptors (Lipinski definition) is 7. The van der Waals surface area contributed by atoms with E-state index in [1.54, 1.807) is 18.3 Å². The van der Waals surface area contributed by atoms with Crippen LogP contribution >= 0.6 is 0 Å². The Morgan fingerprint density at radius 2 is 2.25 bits per heavy atom. The van der Waals surface area contributed by atoms with Crippen molar-refractivity contribution in [2.45, 2.75) is 13.0 Å². The first-order valence-electron chi connectivity index (χ1n) is 7.16.